The van der Waals surface area contributed by atoms with Gasteiger partial charge in [-0.05, 0) is 37.0 Å². The predicted molar refractivity (Wildman–Crippen MR) is 58.6 cm³/mol. The molecule has 1 atom stereocenters. The highest BCUT2D eigenvalue weighted by Gasteiger charge is 2.45. The van der Waals surface area contributed by atoms with Gasteiger partial charge in [-0.25, -0.2) is 4.39 Å². The molecule has 0 saturated heterocycles. The number of nitrogens with two attached hydrogens (primary N) is 1. The summed E-state index contributed by atoms with van der Waals surface area (Å²) in [6.07, 6.45) is 1.85. The molecule has 1 fully saturated rings. The lowest BCUT2D eigenvalue weighted by Crippen LogP contribution is -2.37. The lowest BCUT2D eigenvalue weighted by molar-refractivity contribution is 0.0197. The largest absolute Gasteiger partial charge is 0.496 e. The molecule has 2 rings (SSSR count). The summed E-state index contributed by atoms with van der Waals surface area (Å²) in [6, 6.07) is 4.14. The van der Waals surface area contributed by atoms with Crippen molar-refractivity contribution in [2.75, 3.05) is 13.7 Å². The van der Waals surface area contributed by atoms with Crippen molar-refractivity contribution in [3.8, 4) is 5.75 Å². The zero-order chi connectivity index (χ0) is 11.8. The van der Waals surface area contributed by atoms with E-state index in [2.05, 4.69) is 0 Å². The van der Waals surface area contributed by atoms with E-state index in [9.17, 15) is 9.50 Å². The quantitative estimate of drug-likeness (QED) is 0.814. The molecule has 3 N–H and O–H groups in total. The van der Waals surface area contributed by atoms with Crippen LogP contribution >= 0.6 is 0 Å². The first-order chi connectivity index (χ1) is 7.61. The number of aliphatic hydroxyl groups is 1. The van der Waals surface area contributed by atoms with Crippen molar-refractivity contribution >= 4 is 0 Å². The molecule has 1 aliphatic carbocycles. The highest BCUT2D eigenvalue weighted by Crippen LogP contribution is 2.47. The van der Waals surface area contributed by atoms with E-state index < -0.39 is 5.60 Å². The molecule has 88 valence electrons. The molecule has 3 nitrogen and oxygen atoms in total. The fraction of sp³-hybridized carbons (Fsp3) is 0.500. The summed E-state index contributed by atoms with van der Waals surface area (Å²) in [5, 5.41) is 10.5. The van der Waals surface area contributed by atoms with Gasteiger partial charge in [-0.1, -0.05) is 0 Å². The van der Waals surface area contributed by atoms with Gasteiger partial charge in [0.1, 0.15) is 17.2 Å². The molecule has 0 amide bonds. The van der Waals surface area contributed by atoms with Crippen LogP contribution in [0.4, 0.5) is 4.39 Å². The molecular formula is C12H16FNO2. The second-order valence-corrected chi connectivity index (χ2v) is 4.25. The molecule has 1 aliphatic rings. The number of benzene rings is 1. The van der Waals surface area contributed by atoms with E-state index in [1.54, 1.807) is 0 Å². The van der Waals surface area contributed by atoms with Crippen LogP contribution in [0.2, 0.25) is 0 Å². The second-order valence-electron chi connectivity index (χ2n) is 4.25. The Morgan fingerprint density at radius 3 is 2.75 bits per heavy atom. The van der Waals surface area contributed by atoms with Gasteiger partial charge in [0.05, 0.1) is 7.11 Å². The molecule has 1 aromatic carbocycles. The van der Waals surface area contributed by atoms with Gasteiger partial charge < -0.3 is 15.6 Å². The monoisotopic (exact) mass is 225 g/mol. The van der Waals surface area contributed by atoms with E-state index >= 15 is 0 Å². The number of hydrogen-bond donors (Lipinski definition) is 2. The van der Waals surface area contributed by atoms with Crippen LogP contribution in [0.3, 0.4) is 0 Å². The molecule has 1 aromatic rings. The van der Waals surface area contributed by atoms with Gasteiger partial charge in [0.25, 0.3) is 0 Å². The Morgan fingerprint density at radius 2 is 2.25 bits per heavy atom. The molecule has 0 aliphatic heterocycles. The van der Waals surface area contributed by atoms with Crippen LogP contribution in [0.25, 0.3) is 0 Å². The van der Waals surface area contributed by atoms with E-state index in [4.69, 9.17) is 10.5 Å². The van der Waals surface area contributed by atoms with E-state index in [-0.39, 0.29) is 18.3 Å². The molecule has 1 saturated carbocycles. The molecule has 0 aromatic heterocycles. The number of ether oxygens (including phenoxy) is 1. The van der Waals surface area contributed by atoms with Crippen molar-refractivity contribution in [3.05, 3.63) is 29.6 Å². The minimum absolute atomic E-state index is 0.0808. The lowest BCUT2D eigenvalue weighted by atomic mass is 9.88. The topological polar surface area (TPSA) is 55.5 Å². The zero-order valence-electron chi connectivity index (χ0n) is 9.24. The van der Waals surface area contributed by atoms with Gasteiger partial charge in [-0.2, -0.15) is 0 Å². The van der Waals surface area contributed by atoms with Crippen molar-refractivity contribution in [1.29, 1.82) is 0 Å². The maximum atomic E-state index is 13.2. The number of halogens is 1. The maximum absolute atomic E-state index is 13.2. The third-order valence-corrected chi connectivity index (χ3v) is 3.19. The molecule has 0 spiro atoms. The Hall–Kier alpha value is -1.13. The van der Waals surface area contributed by atoms with E-state index in [0.29, 0.717) is 11.3 Å². The molecule has 4 heteroatoms. The van der Waals surface area contributed by atoms with Gasteiger partial charge in [0.15, 0.2) is 0 Å². The standard InChI is InChI=1S/C12H16FNO2/c1-16-11-5-4-9(13)6-10(11)12(15,7-14)8-2-3-8/h4-6,8,15H,2-3,7,14H2,1H3. The van der Waals surface area contributed by atoms with Crippen LogP contribution in [0.1, 0.15) is 18.4 Å². The molecule has 0 radical (unpaired) electrons. The highest BCUT2D eigenvalue weighted by atomic mass is 19.1. The van der Waals surface area contributed by atoms with Crippen molar-refractivity contribution in [2.24, 2.45) is 11.7 Å². The third-order valence-electron chi connectivity index (χ3n) is 3.19. The maximum Gasteiger partial charge on any atom is 0.125 e. The normalized spacial score (nSPS) is 19.2. The number of methoxy groups -OCH3 is 1. The zero-order valence-corrected chi connectivity index (χ0v) is 9.24. The van der Waals surface area contributed by atoms with E-state index in [1.807, 2.05) is 0 Å². The predicted octanol–water partition coefficient (Wildman–Crippen LogP) is 1.39. The average Bonchev–Trinajstić information content (AvgIpc) is 3.12. The summed E-state index contributed by atoms with van der Waals surface area (Å²) in [7, 11) is 1.50. The summed E-state index contributed by atoms with van der Waals surface area (Å²) in [5.74, 6) is 0.220. The summed E-state index contributed by atoms with van der Waals surface area (Å²) in [6.45, 7) is 0.0808. The summed E-state index contributed by atoms with van der Waals surface area (Å²) >= 11 is 0. The SMILES string of the molecule is COc1ccc(F)cc1C(O)(CN)C1CC1. The van der Waals surface area contributed by atoms with Gasteiger partial charge in [0, 0.05) is 12.1 Å². The Balaban J connectivity index is 2.47. The smallest absolute Gasteiger partial charge is 0.125 e. The fourth-order valence-electron chi connectivity index (χ4n) is 2.08. The van der Waals surface area contributed by atoms with Crippen LogP contribution in [0.5, 0.6) is 5.75 Å². The molecule has 1 unspecified atom stereocenters. The minimum atomic E-state index is -1.16. The van der Waals surface area contributed by atoms with E-state index in [1.165, 1.54) is 25.3 Å². The van der Waals surface area contributed by atoms with Gasteiger partial charge in [-0.3, -0.25) is 0 Å². The van der Waals surface area contributed by atoms with Crippen molar-refractivity contribution in [2.45, 2.75) is 18.4 Å². The first-order valence-corrected chi connectivity index (χ1v) is 5.38. The second kappa shape index (κ2) is 4.03. The molecule has 0 heterocycles. The fourth-order valence-corrected chi connectivity index (χ4v) is 2.08. The summed E-state index contributed by atoms with van der Waals surface area (Å²) < 4.78 is 18.4. The highest BCUT2D eigenvalue weighted by molar-refractivity contribution is 5.40. The van der Waals surface area contributed by atoms with Crippen LogP contribution in [-0.2, 0) is 5.60 Å². The van der Waals surface area contributed by atoms with Crippen LogP contribution in [-0.4, -0.2) is 18.8 Å². The van der Waals surface area contributed by atoms with Gasteiger partial charge >= 0.3 is 0 Å². The first-order valence-electron chi connectivity index (χ1n) is 5.38. The Labute approximate surface area is 94.0 Å². The molecule has 0 bridgehead atoms. The van der Waals surface area contributed by atoms with Crippen molar-refractivity contribution < 1.29 is 14.2 Å². The summed E-state index contributed by atoms with van der Waals surface area (Å²) in [4.78, 5) is 0. The van der Waals surface area contributed by atoms with Crippen LogP contribution in [0.15, 0.2) is 18.2 Å². The Kier molecular flexibility index (Phi) is 2.86. The molecule has 16 heavy (non-hydrogen) atoms. The Morgan fingerprint density at radius 1 is 1.56 bits per heavy atom. The van der Waals surface area contributed by atoms with Crippen LogP contribution in [0, 0.1) is 11.7 Å². The van der Waals surface area contributed by atoms with E-state index in [0.717, 1.165) is 12.8 Å². The van der Waals surface area contributed by atoms with Gasteiger partial charge in [0.2, 0.25) is 0 Å². The van der Waals surface area contributed by atoms with Gasteiger partial charge in [-0.15, -0.1) is 0 Å². The first kappa shape index (κ1) is 11.4. The lowest BCUT2D eigenvalue weighted by Gasteiger charge is -2.28. The third kappa shape index (κ3) is 1.79. The minimum Gasteiger partial charge on any atom is -0.496 e. The number of hydrogen-bond acceptors (Lipinski definition) is 3. The Bertz CT molecular complexity index is 393. The summed E-state index contributed by atoms with van der Waals surface area (Å²) in [5.41, 5.74) is 4.92. The van der Waals surface area contributed by atoms with Crippen molar-refractivity contribution in [1.82, 2.24) is 0 Å². The van der Waals surface area contributed by atoms with Crippen LogP contribution < -0.4 is 10.5 Å². The average molecular weight is 225 g/mol. The van der Waals surface area contributed by atoms with Crippen molar-refractivity contribution in [3.63, 3.8) is 0 Å². The molecular weight excluding hydrogens is 209 g/mol. The number of rotatable bonds is 4.